The van der Waals surface area contributed by atoms with Crippen molar-refractivity contribution in [3.8, 4) is 11.4 Å². The first kappa shape index (κ1) is 19.8. The summed E-state index contributed by atoms with van der Waals surface area (Å²) in [4.78, 5) is 17.1. The van der Waals surface area contributed by atoms with Crippen LogP contribution < -0.4 is 5.56 Å². The first-order valence-corrected chi connectivity index (χ1v) is 11.3. The molecule has 0 aliphatic carbocycles. The quantitative estimate of drug-likeness (QED) is 0.320. The molecule has 5 aromatic rings. The number of rotatable bonds is 6. The van der Waals surface area contributed by atoms with Gasteiger partial charge in [0.05, 0.1) is 18.5 Å². The van der Waals surface area contributed by atoms with E-state index < -0.39 is 0 Å². The van der Waals surface area contributed by atoms with Crippen molar-refractivity contribution in [2.24, 2.45) is 0 Å². The van der Waals surface area contributed by atoms with Crippen molar-refractivity contribution in [2.75, 3.05) is 0 Å². The largest absolute Gasteiger partial charge is 0.467 e. The number of thioether (sulfide) groups is 1. The second-order valence-electron chi connectivity index (χ2n) is 6.79. The summed E-state index contributed by atoms with van der Waals surface area (Å²) in [6, 6.07) is 18.9. The maximum absolute atomic E-state index is 12.5. The predicted molar refractivity (Wildman–Crippen MR) is 122 cm³/mol. The molecule has 0 spiro atoms. The fraction of sp³-hybridized carbons (Fsp3) is 0.0909. The molecule has 0 N–H and O–H groups in total. The van der Waals surface area contributed by atoms with Gasteiger partial charge in [0.25, 0.3) is 5.56 Å². The molecular weight excluding hydrogens is 478 g/mol. The molecule has 0 amide bonds. The summed E-state index contributed by atoms with van der Waals surface area (Å²) in [5.41, 5.74) is 2.14. The molecule has 1 aromatic carbocycles. The molecule has 0 atom stereocenters. The Balaban J connectivity index is 1.46. The van der Waals surface area contributed by atoms with Crippen LogP contribution >= 0.6 is 27.7 Å². The highest BCUT2D eigenvalue weighted by Crippen LogP contribution is 2.27. The van der Waals surface area contributed by atoms with Crippen LogP contribution in [0.5, 0.6) is 0 Å². The lowest BCUT2D eigenvalue weighted by Gasteiger charge is -2.09. The van der Waals surface area contributed by atoms with Crippen molar-refractivity contribution >= 4 is 33.3 Å². The van der Waals surface area contributed by atoms with E-state index in [0.29, 0.717) is 23.6 Å². The molecule has 0 fully saturated rings. The lowest BCUT2D eigenvalue weighted by molar-refractivity contribution is 0.485. The molecule has 0 bridgehead atoms. The fourth-order valence-corrected chi connectivity index (χ4v) is 4.40. The maximum atomic E-state index is 12.5. The van der Waals surface area contributed by atoms with Crippen molar-refractivity contribution in [1.82, 2.24) is 24.1 Å². The first-order chi connectivity index (χ1) is 15.2. The van der Waals surface area contributed by atoms with E-state index >= 15 is 0 Å². The number of hydrogen-bond donors (Lipinski definition) is 0. The molecule has 0 unspecified atom stereocenters. The van der Waals surface area contributed by atoms with E-state index in [-0.39, 0.29) is 5.56 Å². The molecule has 5 rings (SSSR count). The van der Waals surface area contributed by atoms with Crippen LogP contribution in [0.4, 0.5) is 0 Å². The minimum absolute atomic E-state index is 0.121. The second-order valence-corrected chi connectivity index (χ2v) is 8.65. The molecule has 0 saturated heterocycles. The predicted octanol–water partition coefficient (Wildman–Crippen LogP) is 4.65. The van der Waals surface area contributed by atoms with E-state index in [1.54, 1.807) is 18.5 Å². The van der Waals surface area contributed by atoms with Crippen LogP contribution in [0.1, 0.15) is 11.5 Å². The SMILES string of the molecule is O=c1cc(CSc2nnc(-c3ccccc3)n2Cc2ccco2)nc2ccc(Br)cn12. The summed E-state index contributed by atoms with van der Waals surface area (Å²) in [5, 5.41) is 9.55. The van der Waals surface area contributed by atoms with Crippen molar-refractivity contribution < 1.29 is 4.42 Å². The number of nitrogens with zero attached hydrogens (tertiary/aromatic N) is 5. The van der Waals surface area contributed by atoms with Gasteiger partial charge in [-0.05, 0) is 40.2 Å². The molecular formula is C22H16BrN5O2S. The summed E-state index contributed by atoms with van der Waals surface area (Å²) >= 11 is 4.87. The first-order valence-electron chi connectivity index (χ1n) is 9.49. The van der Waals surface area contributed by atoms with Crippen LogP contribution in [-0.4, -0.2) is 24.1 Å². The van der Waals surface area contributed by atoms with Gasteiger partial charge in [-0.1, -0.05) is 42.1 Å². The Kier molecular flexibility index (Phi) is 5.44. The molecule has 9 heteroatoms. The lowest BCUT2D eigenvalue weighted by atomic mass is 10.2. The number of furan rings is 1. The van der Waals surface area contributed by atoms with E-state index in [4.69, 9.17) is 4.42 Å². The minimum Gasteiger partial charge on any atom is -0.467 e. The summed E-state index contributed by atoms with van der Waals surface area (Å²) in [6.07, 6.45) is 3.37. The van der Waals surface area contributed by atoms with Gasteiger partial charge in [0.2, 0.25) is 0 Å². The zero-order valence-electron chi connectivity index (χ0n) is 16.2. The van der Waals surface area contributed by atoms with Crippen LogP contribution in [0.15, 0.2) is 92.0 Å². The summed E-state index contributed by atoms with van der Waals surface area (Å²) < 4.78 is 9.90. The van der Waals surface area contributed by atoms with Crippen LogP contribution in [0.2, 0.25) is 0 Å². The molecule has 154 valence electrons. The number of benzene rings is 1. The van der Waals surface area contributed by atoms with E-state index in [0.717, 1.165) is 26.8 Å². The van der Waals surface area contributed by atoms with Gasteiger partial charge >= 0.3 is 0 Å². The fourth-order valence-electron chi connectivity index (χ4n) is 3.24. The average molecular weight is 494 g/mol. The highest BCUT2D eigenvalue weighted by Gasteiger charge is 2.16. The number of aromatic nitrogens is 5. The van der Waals surface area contributed by atoms with Gasteiger partial charge in [-0.3, -0.25) is 13.8 Å². The van der Waals surface area contributed by atoms with Gasteiger partial charge in [0.1, 0.15) is 11.4 Å². The summed E-state index contributed by atoms with van der Waals surface area (Å²) in [7, 11) is 0. The van der Waals surface area contributed by atoms with E-state index in [1.165, 1.54) is 16.2 Å². The van der Waals surface area contributed by atoms with Gasteiger partial charge in [-0.15, -0.1) is 10.2 Å². The Hall–Kier alpha value is -3.17. The van der Waals surface area contributed by atoms with Gasteiger partial charge in [0, 0.05) is 28.1 Å². The number of pyridine rings is 1. The highest BCUT2D eigenvalue weighted by molar-refractivity contribution is 9.10. The Bertz CT molecular complexity index is 1400. The zero-order chi connectivity index (χ0) is 21.2. The zero-order valence-corrected chi connectivity index (χ0v) is 18.6. The van der Waals surface area contributed by atoms with E-state index in [1.807, 2.05) is 59.2 Å². The van der Waals surface area contributed by atoms with Gasteiger partial charge < -0.3 is 4.42 Å². The topological polar surface area (TPSA) is 78.2 Å². The Morgan fingerprint density at radius 1 is 1.03 bits per heavy atom. The molecule has 0 saturated carbocycles. The molecule has 4 aromatic heterocycles. The van der Waals surface area contributed by atoms with Gasteiger partial charge in [-0.2, -0.15) is 0 Å². The maximum Gasteiger partial charge on any atom is 0.258 e. The van der Waals surface area contributed by atoms with E-state index in [2.05, 4.69) is 31.1 Å². The van der Waals surface area contributed by atoms with Crippen LogP contribution in [0, 0.1) is 0 Å². The molecule has 4 heterocycles. The lowest BCUT2D eigenvalue weighted by Crippen LogP contribution is -2.15. The third kappa shape index (κ3) is 4.19. The molecule has 0 aliphatic rings. The van der Waals surface area contributed by atoms with Gasteiger partial charge in [0.15, 0.2) is 11.0 Å². The summed E-state index contributed by atoms with van der Waals surface area (Å²) in [6.45, 7) is 0.508. The van der Waals surface area contributed by atoms with Crippen LogP contribution in [0.3, 0.4) is 0 Å². The summed E-state index contributed by atoms with van der Waals surface area (Å²) in [5.74, 6) is 2.06. The third-order valence-electron chi connectivity index (χ3n) is 4.67. The molecule has 7 nitrogen and oxygen atoms in total. The number of hydrogen-bond acceptors (Lipinski definition) is 6. The normalized spacial score (nSPS) is 11.3. The van der Waals surface area contributed by atoms with Crippen LogP contribution in [0.25, 0.3) is 17.0 Å². The average Bonchev–Trinajstić information content (AvgIpc) is 3.44. The van der Waals surface area contributed by atoms with Crippen molar-refractivity contribution in [2.45, 2.75) is 17.5 Å². The van der Waals surface area contributed by atoms with Crippen molar-refractivity contribution in [3.05, 3.63) is 99.4 Å². The van der Waals surface area contributed by atoms with Crippen molar-refractivity contribution in [3.63, 3.8) is 0 Å². The molecule has 0 radical (unpaired) electrons. The molecule has 0 aliphatic heterocycles. The minimum atomic E-state index is -0.121. The number of halogens is 1. The standard InChI is InChI=1S/C22H16BrN5O2S/c23-16-8-9-19-24-17(11-20(29)27(19)12-16)14-31-22-26-25-21(15-5-2-1-3-6-15)28(22)13-18-7-4-10-30-18/h1-12H,13-14H2. The Morgan fingerprint density at radius 2 is 1.90 bits per heavy atom. The van der Waals surface area contributed by atoms with Gasteiger partial charge in [-0.25, -0.2) is 4.98 Å². The highest BCUT2D eigenvalue weighted by atomic mass is 79.9. The Morgan fingerprint density at radius 3 is 2.71 bits per heavy atom. The second kappa shape index (κ2) is 8.52. The molecule has 31 heavy (non-hydrogen) atoms. The monoisotopic (exact) mass is 493 g/mol. The van der Waals surface area contributed by atoms with Crippen molar-refractivity contribution in [1.29, 1.82) is 0 Å². The Labute approximate surface area is 189 Å². The van der Waals surface area contributed by atoms with Crippen LogP contribution in [-0.2, 0) is 12.3 Å². The number of fused-ring (bicyclic) bond motifs is 1. The third-order valence-corrected chi connectivity index (χ3v) is 6.14. The smallest absolute Gasteiger partial charge is 0.258 e. The van der Waals surface area contributed by atoms with E-state index in [9.17, 15) is 4.79 Å².